The molecule has 0 aromatic heterocycles. The third kappa shape index (κ3) is 8.18. The first kappa shape index (κ1) is 61.4. The maximum atomic E-state index is 2.50. The highest BCUT2D eigenvalue weighted by Gasteiger charge is 2.42. The molecule has 0 spiro atoms. The molecule has 506 valence electrons. The van der Waals surface area contributed by atoms with E-state index in [1.807, 2.05) is 0 Å². The number of fused-ring (bicyclic) bond motifs is 15. The number of hydrogen-bond acceptors (Lipinski definition) is 0. The SMILES string of the molecule is CC1(C)c2cc(-c3ccc4c(c3)C(C)(C)c3cc(-c5ccc6c(c5)C(C)(C)c5cc(-c7ccc8ccc9cccc%10ccc7c8c9%10)ccc5-6)ccc3-4)ccc2-c2ccc(-c3ccc4c(c3)C(C)(C)c3cc(-c5ccc6c(c5)C(C)(C)c5cc(-c7ccc8ccc9cccc%10ccc7c8c9%10)ccc5-6)ccc3-4)cc21. The van der Waals surface area contributed by atoms with E-state index in [9.17, 15) is 0 Å². The first-order valence-corrected chi connectivity index (χ1v) is 38.6. The second-order valence-corrected chi connectivity index (χ2v) is 34.7. The van der Waals surface area contributed by atoms with Crippen molar-refractivity contribution >= 4 is 64.6 Å². The highest BCUT2D eigenvalue weighted by atomic mass is 14.5. The molecule has 0 N–H and O–H groups in total. The summed E-state index contributed by atoms with van der Waals surface area (Å²) in [5.41, 5.74) is 41.7. The second kappa shape index (κ2) is 20.8. The third-order valence-corrected chi connectivity index (χ3v) is 27.4. The van der Waals surface area contributed by atoms with Crippen LogP contribution in [0.5, 0.6) is 0 Å². The summed E-state index contributed by atoms with van der Waals surface area (Å²) < 4.78 is 0. The molecule has 0 amide bonds. The van der Waals surface area contributed by atoms with E-state index in [4.69, 9.17) is 0 Å². The standard InChI is InChI=1S/C107H78/c1-103(2)89-49-65(67-27-39-79-81-41-29-69(53-93(81)104(3,4)91(79)51-67)71-31-43-83-85-45-33-73(57-97(85)106(7,8)95(83)55-71)75-35-21-63-19-17-59-13-11-15-61-23-47-87(75)101(63)99(59)61)25-37-77(89)78-38-26-66(50-90(78)103)68-28-40-80-82-42-30-70(54-94(82)105(5,6)92(80)52-68)72-32-44-84-86-46-34-74(58-98(86)107(9,10)96(84)56-72)76-36-22-64-20-18-60-14-12-16-62-24-48-88(76)102(64)100(60)62/h11-58H,1-10H3. The fourth-order valence-corrected chi connectivity index (χ4v) is 21.4. The van der Waals surface area contributed by atoms with Gasteiger partial charge >= 0.3 is 0 Å². The monoisotopic (exact) mass is 1360 g/mol. The van der Waals surface area contributed by atoms with Gasteiger partial charge in [-0.1, -0.05) is 300 Å². The van der Waals surface area contributed by atoms with E-state index in [0.717, 1.165) is 0 Å². The summed E-state index contributed by atoms with van der Waals surface area (Å²) in [5.74, 6) is 0. The van der Waals surface area contributed by atoms with Gasteiger partial charge in [0, 0.05) is 27.1 Å². The normalized spacial score (nSPS) is 15.8. The number of rotatable bonds is 6. The zero-order chi connectivity index (χ0) is 71.8. The van der Waals surface area contributed by atoms with Gasteiger partial charge in [0.2, 0.25) is 0 Å². The zero-order valence-electron chi connectivity index (χ0n) is 62.2. The van der Waals surface area contributed by atoms with E-state index in [2.05, 4.69) is 360 Å². The van der Waals surface area contributed by atoms with Crippen LogP contribution in [0.1, 0.15) is 125 Å². The Balaban J connectivity index is 0.501. The van der Waals surface area contributed by atoms with E-state index in [1.165, 1.54) is 243 Å². The molecule has 0 heterocycles. The first-order valence-electron chi connectivity index (χ1n) is 38.6. The van der Waals surface area contributed by atoms with E-state index < -0.39 is 0 Å². The van der Waals surface area contributed by atoms with Crippen LogP contribution in [-0.2, 0) is 27.1 Å². The van der Waals surface area contributed by atoms with Crippen LogP contribution in [0.2, 0.25) is 0 Å². The van der Waals surface area contributed by atoms with E-state index >= 15 is 0 Å². The van der Waals surface area contributed by atoms with Crippen LogP contribution in [0.4, 0.5) is 0 Å². The first-order chi connectivity index (χ1) is 51.7. The molecular formula is C107H78. The Hall–Kier alpha value is -12.0. The summed E-state index contributed by atoms with van der Waals surface area (Å²) in [4.78, 5) is 0. The van der Waals surface area contributed by atoms with Crippen LogP contribution in [0.3, 0.4) is 0 Å². The molecule has 0 nitrogen and oxygen atoms in total. The maximum Gasteiger partial charge on any atom is 0.0159 e. The van der Waals surface area contributed by atoms with Gasteiger partial charge < -0.3 is 0 Å². The molecule has 5 aliphatic rings. The molecule has 0 saturated heterocycles. The molecule has 5 aliphatic carbocycles. The molecule has 0 bridgehead atoms. The van der Waals surface area contributed by atoms with Crippen LogP contribution in [0.15, 0.2) is 291 Å². The summed E-state index contributed by atoms with van der Waals surface area (Å²) >= 11 is 0. The molecule has 0 aliphatic heterocycles. The van der Waals surface area contributed by atoms with Crippen molar-refractivity contribution in [3.63, 3.8) is 0 Å². The third-order valence-electron chi connectivity index (χ3n) is 27.4. The highest BCUT2D eigenvalue weighted by Crippen LogP contribution is 2.59. The van der Waals surface area contributed by atoms with Crippen LogP contribution in [0.25, 0.3) is 187 Å². The Morgan fingerprint density at radius 2 is 0.299 bits per heavy atom. The van der Waals surface area contributed by atoms with Crippen molar-refractivity contribution in [2.75, 3.05) is 0 Å². The van der Waals surface area contributed by atoms with Gasteiger partial charge in [-0.25, -0.2) is 0 Å². The van der Waals surface area contributed by atoms with Crippen molar-refractivity contribution in [1.82, 2.24) is 0 Å². The molecule has 107 heavy (non-hydrogen) atoms. The van der Waals surface area contributed by atoms with E-state index in [0.29, 0.717) is 0 Å². The average molecular weight is 1360 g/mol. The second-order valence-electron chi connectivity index (χ2n) is 34.7. The van der Waals surface area contributed by atoms with Crippen LogP contribution >= 0.6 is 0 Å². The predicted molar refractivity (Wildman–Crippen MR) is 454 cm³/mol. The molecule has 0 heteroatoms. The van der Waals surface area contributed by atoms with Gasteiger partial charge in [-0.3, -0.25) is 0 Å². The Kier molecular flexibility index (Phi) is 11.9. The molecule has 0 fully saturated rings. The van der Waals surface area contributed by atoms with Gasteiger partial charge in [-0.15, -0.1) is 0 Å². The summed E-state index contributed by atoms with van der Waals surface area (Å²) in [7, 11) is 0. The van der Waals surface area contributed by atoms with Crippen molar-refractivity contribution in [3.8, 4) is 122 Å². The molecule has 23 rings (SSSR count). The minimum atomic E-state index is -0.197. The van der Waals surface area contributed by atoms with Gasteiger partial charge in [0.25, 0.3) is 0 Å². The van der Waals surface area contributed by atoms with Crippen molar-refractivity contribution < 1.29 is 0 Å². The van der Waals surface area contributed by atoms with Gasteiger partial charge in [0.05, 0.1) is 0 Å². The molecule has 0 saturated carbocycles. The predicted octanol–water partition coefficient (Wildman–Crippen LogP) is 29.0. The van der Waals surface area contributed by atoms with Gasteiger partial charge in [-0.05, 0) is 303 Å². The van der Waals surface area contributed by atoms with Crippen LogP contribution in [0, 0.1) is 0 Å². The lowest BCUT2D eigenvalue weighted by atomic mass is 9.79. The zero-order valence-corrected chi connectivity index (χ0v) is 62.2. The fraction of sp³-hybridized carbons (Fsp3) is 0.140. The van der Waals surface area contributed by atoms with Crippen LogP contribution < -0.4 is 0 Å². The lowest BCUT2D eigenvalue weighted by molar-refractivity contribution is 0.659. The Bertz CT molecular complexity index is 6610. The molecular weight excluding hydrogens is 1290 g/mol. The molecule has 0 unspecified atom stereocenters. The summed E-state index contributed by atoms with van der Waals surface area (Å²) in [6, 6.07) is 114. The minimum Gasteiger partial charge on any atom is -0.0610 e. The van der Waals surface area contributed by atoms with Crippen LogP contribution in [-0.4, -0.2) is 0 Å². The fourth-order valence-electron chi connectivity index (χ4n) is 21.4. The van der Waals surface area contributed by atoms with E-state index in [1.54, 1.807) is 0 Å². The van der Waals surface area contributed by atoms with Crippen molar-refractivity contribution in [3.05, 3.63) is 347 Å². The minimum absolute atomic E-state index is 0.174. The summed E-state index contributed by atoms with van der Waals surface area (Å²) in [6.45, 7) is 24.3. The van der Waals surface area contributed by atoms with E-state index in [-0.39, 0.29) is 27.1 Å². The molecule has 18 aromatic rings. The molecule has 0 atom stereocenters. The summed E-state index contributed by atoms with van der Waals surface area (Å²) in [5, 5.41) is 15.9. The Morgan fingerprint density at radius 1 is 0.140 bits per heavy atom. The topological polar surface area (TPSA) is 0 Å². The van der Waals surface area contributed by atoms with Gasteiger partial charge in [0.1, 0.15) is 0 Å². The average Bonchev–Trinajstić information content (AvgIpc) is 1.71. The maximum absolute atomic E-state index is 2.50. The molecule has 18 aromatic carbocycles. The number of hydrogen-bond donors (Lipinski definition) is 0. The van der Waals surface area contributed by atoms with Gasteiger partial charge in [0.15, 0.2) is 0 Å². The lowest BCUT2D eigenvalue weighted by Crippen LogP contribution is -2.16. The largest absolute Gasteiger partial charge is 0.0610 e. The van der Waals surface area contributed by atoms with Crippen molar-refractivity contribution in [1.29, 1.82) is 0 Å². The lowest BCUT2D eigenvalue weighted by Gasteiger charge is -2.24. The van der Waals surface area contributed by atoms with Gasteiger partial charge in [-0.2, -0.15) is 0 Å². The summed E-state index contributed by atoms with van der Waals surface area (Å²) in [6.07, 6.45) is 0. The Labute approximate surface area is 626 Å². The Morgan fingerprint density at radius 3 is 0.514 bits per heavy atom. The smallest absolute Gasteiger partial charge is 0.0159 e. The quantitative estimate of drug-likeness (QED) is 0.146. The molecule has 0 radical (unpaired) electrons. The van der Waals surface area contributed by atoms with Crippen molar-refractivity contribution in [2.24, 2.45) is 0 Å². The highest BCUT2D eigenvalue weighted by molar-refractivity contribution is 6.27. The number of benzene rings is 18. The van der Waals surface area contributed by atoms with Crippen molar-refractivity contribution in [2.45, 2.75) is 96.3 Å².